The van der Waals surface area contributed by atoms with Gasteiger partial charge in [-0.05, 0) is 57.7 Å². The van der Waals surface area contributed by atoms with Crippen LogP contribution in [0.25, 0.3) is 0 Å². The number of hydrogen-bond donors (Lipinski definition) is 0. The van der Waals surface area contributed by atoms with Crippen LogP contribution < -0.4 is 0 Å². The van der Waals surface area contributed by atoms with Crippen LogP contribution in [0, 0.1) is 23.1 Å². The normalized spacial score (nSPS) is 11.8. The topological polar surface area (TPSA) is 3.24 Å². The molecule has 0 spiro atoms. The van der Waals surface area contributed by atoms with E-state index in [4.69, 9.17) is 0 Å². The Bertz CT molecular complexity index is 512. The second-order valence-electron chi connectivity index (χ2n) is 5.90. The molecule has 0 amide bonds. The first kappa shape index (κ1) is 16.9. The summed E-state index contributed by atoms with van der Waals surface area (Å²) in [5.74, 6) is 5.97. The molecule has 20 heavy (non-hydrogen) atoms. The molecule has 0 unspecified atom stereocenters. The van der Waals surface area contributed by atoms with E-state index in [1.54, 1.807) is 6.07 Å². The molecule has 0 saturated heterocycles. The summed E-state index contributed by atoms with van der Waals surface area (Å²) in [6, 6.07) is 4.96. The van der Waals surface area contributed by atoms with E-state index in [-0.39, 0.29) is 11.2 Å². The molecule has 0 saturated carbocycles. The predicted octanol–water partition coefficient (Wildman–Crippen LogP) is 4.63. The molecule has 108 valence electrons. The minimum absolute atomic E-state index is 0.0318. The fourth-order valence-corrected chi connectivity index (χ4v) is 2.14. The third-order valence-electron chi connectivity index (χ3n) is 2.44. The lowest BCUT2D eigenvalue weighted by atomic mass is 9.98. The molecule has 1 nitrogen and oxygen atoms in total. The van der Waals surface area contributed by atoms with Gasteiger partial charge in [0.2, 0.25) is 0 Å². The van der Waals surface area contributed by atoms with Gasteiger partial charge in [0.1, 0.15) is 5.82 Å². The van der Waals surface area contributed by atoms with E-state index in [1.807, 2.05) is 25.3 Å². The maximum Gasteiger partial charge on any atom is 0.124 e. The summed E-state index contributed by atoms with van der Waals surface area (Å²) >= 11 is 3.30. The Morgan fingerprint density at radius 1 is 1.30 bits per heavy atom. The van der Waals surface area contributed by atoms with Crippen LogP contribution >= 0.6 is 15.9 Å². The van der Waals surface area contributed by atoms with E-state index < -0.39 is 0 Å². The van der Waals surface area contributed by atoms with E-state index in [9.17, 15) is 4.39 Å². The minimum atomic E-state index is -0.214. The quantitative estimate of drug-likeness (QED) is 0.724. The van der Waals surface area contributed by atoms with Crippen molar-refractivity contribution in [2.75, 3.05) is 13.6 Å². The van der Waals surface area contributed by atoms with Gasteiger partial charge in [-0.15, -0.1) is 0 Å². The highest BCUT2D eigenvalue weighted by atomic mass is 79.9. The molecule has 3 heteroatoms. The van der Waals surface area contributed by atoms with Gasteiger partial charge in [-0.3, -0.25) is 4.90 Å². The van der Waals surface area contributed by atoms with Gasteiger partial charge in [0, 0.05) is 23.0 Å². The summed E-state index contributed by atoms with van der Waals surface area (Å²) in [6.45, 7) is 7.74. The van der Waals surface area contributed by atoms with Crippen LogP contribution in [0.4, 0.5) is 4.39 Å². The van der Waals surface area contributed by atoms with Crippen LogP contribution in [0.2, 0.25) is 0 Å². The highest BCUT2D eigenvalue weighted by Gasteiger charge is 2.03. The standard InChI is InChI=1S/C17H21BrFN/c1-17(2,3)8-6-5-7-9-20(4)13-14-10-15(18)12-16(19)11-14/h5,7,10-12H,9,13H2,1-4H3. The summed E-state index contributed by atoms with van der Waals surface area (Å²) in [7, 11) is 2.00. The Balaban J connectivity index is 2.49. The van der Waals surface area contributed by atoms with Gasteiger partial charge in [-0.2, -0.15) is 0 Å². The third-order valence-corrected chi connectivity index (χ3v) is 2.90. The number of nitrogens with zero attached hydrogens (tertiary/aromatic N) is 1. The number of likely N-dealkylation sites (N-methyl/N-ethyl adjacent to an activating group) is 1. The van der Waals surface area contributed by atoms with Gasteiger partial charge in [0.25, 0.3) is 0 Å². The summed E-state index contributed by atoms with van der Waals surface area (Å²) in [5, 5.41) is 0. The van der Waals surface area contributed by atoms with Crippen LogP contribution in [0.3, 0.4) is 0 Å². The molecule has 0 fully saturated rings. The lowest BCUT2D eigenvalue weighted by Gasteiger charge is -2.14. The molecule has 0 aliphatic carbocycles. The minimum Gasteiger partial charge on any atom is -0.298 e. The summed E-state index contributed by atoms with van der Waals surface area (Å²) in [6.07, 6.45) is 3.90. The number of benzene rings is 1. The molecule has 0 aliphatic heterocycles. The van der Waals surface area contributed by atoms with Crippen LogP contribution in [-0.4, -0.2) is 18.5 Å². The molecule has 0 heterocycles. The van der Waals surface area contributed by atoms with Crippen molar-refractivity contribution in [1.82, 2.24) is 4.90 Å². The monoisotopic (exact) mass is 337 g/mol. The van der Waals surface area contributed by atoms with Crippen molar-refractivity contribution in [3.05, 3.63) is 46.2 Å². The zero-order valence-electron chi connectivity index (χ0n) is 12.5. The predicted molar refractivity (Wildman–Crippen MR) is 86.8 cm³/mol. The molecule has 0 radical (unpaired) electrons. The average molecular weight is 338 g/mol. The van der Waals surface area contributed by atoms with E-state index in [2.05, 4.69) is 53.4 Å². The molecular weight excluding hydrogens is 317 g/mol. The first-order valence-corrected chi connectivity index (χ1v) is 7.37. The van der Waals surface area contributed by atoms with Gasteiger partial charge < -0.3 is 0 Å². The Morgan fingerprint density at radius 3 is 2.60 bits per heavy atom. The van der Waals surface area contributed by atoms with Crippen molar-refractivity contribution >= 4 is 15.9 Å². The molecule has 0 aliphatic rings. The number of hydrogen-bond acceptors (Lipinski definition) is 1. The van der Waals surface area contributed by atoms with Crippen molar-refractivity contribution in [1.29, 1.82) is 0 Å². The van der Waals surface area contributed by atoms with Crippen LogP contribution in [0.5, 0.6) is 0 Å². The molecule has 0 N–H and O–H groups in total. The second kappa shape index (κ2) is 7.61. The van der Waals surface area contributed by atoms with E-state index in [0.717, 1.165) is 16.6 Å². The summed E-state index contributed by atoms with van der Waals surface area (Å²) in [4.78, 5) is 2.11. The van der Waals surface area contributed by atoms with Gasteiger partial charge in [-0.1, -0.05) is 33.8 Å². The van der Waals surface area contributed by atoms with Gasteiger partial charge >= 0.3 is 0 Å². The molecule has 0 atom stereocenters. The molecular formula is C17H21BrFN. The highest BCUT2D eigenvalue weighted by Crippen LogP contribution is 2.16. The van der Waals surface area contributed by atoms with Gasteiger partial charge in [0.15, 0.2) is 0 Å². The lowest BCUT2D eigenvalue weighted by Crippen LogP contribution is -2.17. The fourth-order valence-electron chi connectivity index (χ4n) is 1.63. The molecule has 1 aromatic carbocycles. The molecule has 0 bridgehead atoms. The van der Waals surface area contributed by atoms with Crippen molar-refractivity contribution in [3.8, 4) is 11.8 Å². The largest absolute Gasteiger partial charge is 0.298 e. The van der Waals surface area contributed by atoms with Crippen LogP contribution in [0.1, 0.15) is 26.3 Å². The average Bonchev–Trinajstić information content (AvgIpc) is 2.25. The second-order valence-corrected chi connectivity index (χ2v) is 6.81. The Hall–Kier alpha value is -1.11. The molecule has 0 aromatic heterocycles. The SMILES string of the molecule is CN(CC=CC#CC(C)(C)C)Cc1cc(F)cc(Br)c1. The third kappa shape index (κ3) is 7.47. The van der Waals surface area contributed by atoms with Crippen LogP contribution in [0.15, 0.2) is 34.8 Å². The first-order chi connectivity index (χ1) is 9.26. The zero-order chi connectivity index (χ0) is 15.2. The Labute approximate surface area is 130 Å². The van der Waals surface area contributed by atoms with Crippen molar-refractivity contribution < 1.29 is 4.39 Å². The van der Waals surface area contributed by atoms with Gasteiger partial charge in [0.05, 0.1) is 0 Å². The number of rotatable bonds is 4. The fraction of sp³-hybridized carbons (Fsp3) is 0.412. The Kier molecular flexibility index (Phi) is 6.45. The van der Waals surface area contributed by atoms with Gasteiger partial charge in [-0.25, -0.2) is 4.39 Å². The Morgan fingerprint density at radius 2 is 2.00 bits per heavy atom. The maximum atomic E-state index is 13.3. The van der Waals surface area contributed by atoms with Crippen molar-refractivity contribution in [3.63, 3.8) is 0 Å². The lowest BCUT2D eigenvalue weighted by molar-refractivity contribution is 0.362. The molecule has 1 rings (SSSR count). The number of allylic oxidation sites excluding steroid dienone is 1. The van der Waals surface area contributed by atoms with E-state index >= 15 is 0 Å². The van der Waals surface area contributed by atoms with E-state index in [0.29, 0.717) is 6.54 Å². The molecule has 1 aromatic rings. The summed E-state index contributed by atoms with van der Waals surface area (Å²) < 4.78 is 14.0. The van der Waals surface area contributed by atoms with Crippen LogP contribution in [-0.2, 0) is 6.54 Å². The maximum absolute atomic E-state index is 13.3. The first-order valence-electron chi connectivity index (χ1n) is 6.57. The van der Waals surface area contributed by atoms with Crippen molar-refractivity contribution in [2.24, 2.45) is 5.41 Å². The summed E-state index contributed by atoms with van der Waals surface area (Å²) in [5.41, 5.74) is 0.984. The van der Waals surface area contributed by atoms with E-state index in [1.165, 1.54) is 6.07 Å². The highest BCUT2D eigenvalue weighted by molar-refractivity contribution is 9.10. The number of halogens is 2. The smallest absolute Gasteiger partial charge is 0.124 e. The van der Waals surface area contributed by atoms with Crippen molar-refractivity contribution in [2.45, 2.75) is 27.3 Å². The zero-order valence-corrected chi connectivity index (χ0v) is 14.1.